The SMILES string of the molecule is CCn1c(=O)c(C(=O)CN2CCC(NC(=O)C3CCCCC3)CC2)c(N)n(Cc2ccccc2)c1=O. The van der Waals surface area contributed by atoms with Crippen molar-refractivity contribution < 1.29 is 9.59 Å². The minimum Gasteiger partial charge on any atom is -0.384 e. The number of hydrogen-bond acceptors (Lipinski definition) is 6. The number of nitrogens with zero attached hydrogens (tertiary/aromatic N) is 3. The van der Waals surface area contributed by atoms with Crippen LogP contribution in [0.15, 0.2) is 39.9 Å². The minimum absolute atomic E-state index is 0.0516. The van der Waals surface area contributed by atoms with Gasteiger partial charge in [-0.3, -0.25) is 28.4 Å². The molecule has 2 aromatic rings. The highest BCUT2D eigenvalue weighted by molar-refractivity contribution is 6.01. The molecule has 9 heteroatoms. The maximum atomic E-state index is 13.3. The largest absolute Gasteiger partial charge is 0.384 e. The number of nitrogens with two attached hydrogens (primary N) is 1. The molecule has 0 spiro atoms. The van der Waals surface area contributed by atoms with Crippen molar-refractivity contribution in [2.75, 3.05) is 25.4 Å². The Balaban J connectivity index is 1.43. The molecule has 1 saturated heterocycles. The van der Waals surface area contributed by atoms with Crippen molar-refractivity contribution in [2.24, 2.45) is 5.92 Å². The van der Waals surface area contributed by atoms with E-state index in [1.54, 1.807) is 6.92 Å². The van der Waals surface area contributed by atoms with Gasteiger partial charge in [-0.2, -0.15) is 0 Å². The summed E-state index contributed by atoms with van der Waals surface area (Å²) in [4.78, 5) is 53.8. The molecule has 9 nitrogen and oxygen atoms in total. The summed E-state index contributed by atoms with van der Waals surface area (Å²) in [7, 11) is 0. The molecule has 1 amide bonds. The van der Waals surface area contributed by atoms with E-state index in [0.29, 0.717) is 13.1 Å². The number of aromatic nitrogens is 2. The summed E-state index contributed by atoms with van der Waals surface area (Å²) in [6.07, 6.45) is 6.93. The quantitative estimate of drug-likeness (QED) is 0.541. The fourth-order valence-electron chi connectivity index (χ4n) is 5.38. The molecule has 1 aromatic carbocycles. The third kappa shape index (κ3) is 5.78. The van der Waals surface area contributed by atoms with Crippen LogP contribution in [0.5, 0.6) is 0 Å². The monoisotopic (exact) mass is 495 g/mol. The van der Waals surface area contributed by atoms with Gasteiger partial charge in [0.2, 0.25) is 5.91 Å². The Kier molecular flexibility index (Phi) is 8.40. The molecule has 1 aliphatic carbocycles. The van der Waals surface area contributed by atoms with Crippen molar-refractivity contribution in [3.63, 3.8) is 0 Å². The Bertz CT molecular complexity index is 1190. The molecule has 194 valence electrons. The zero-order valence-electron chi connectivity index (χ0n) is 21.1. The summed E-state index contributed by atoms with van der Waals surface area (Å²) in [5.74, 6) is -0.171. The van der Waals surface area contributed by atoms with Crippen LogP contribution in [0.4, 0.5) is 5.82 Å². The lowest BCUT2D eigenvalue weighted by atomic mass is 9.88. The van der Waals surface area contributed by atoms with Crippen LogP contribution in [0.1, 0.15) is 67.8 Å². The average molecular weight is 496 g/mol. The van der Waals surface area contributed by atoms with E-state index in [-0.39, 0.29) is 54.7 Å². The van der Waals surface area contributed by atoms with E-state index in [0.717, 1.165) is 48.7 Å². The first kappa shape index (κ1) is 25.9. The summed E-state index contributed by atoms with van der Waals surface area (Å²) in [5, 5.41) is 3.20. The van der Waals surface area contributed by atoms with Gasteiger partial charge in [0.1, 0.15) is 11.4 Å². The van der Waals surface area contributed by atoms with Gasteiger partial charge >= 0.3 is 5.69 Å². The standard InChI is InChI=1S/C27H37N5O4/c1-2-31-26(35)23(24(28)32(27(31)36)17-19-9-5-3-6-10-19)22(33)18-30-15-13-21(14-16-30)29-25(34)20-11-7-4-8-12-20/h3,5-6,9-10,20-21H,2,4,7-8,11-18,28H2,1H3,(H,29,34). The van der Waals surface area contributed by atoms with E-state index in [1.165, 1.54) is 11.0 Å². The number of anilines is 1. The predicted molar refractivity (Wildman–Crippen MR) is 139 cm³/mol. The molecule has 36 heavy (non-hydrogen) atoms. The number of piperidine rings is 1. The number of amides is 1. The molecule has 2 heterocycles. The normalized spacial score (nSPS) is 17.7. The first-order chi connectivity index (χ1) is 17.4. The summed E-state index contributed by atoms with van der Waals surface area (Å²) >= 11 is 0. The Labute approximate surface area is 211 Å². The number of carbonyl (C=O) groups is 2. The van der Waals surface area contributed by atoms with Gasteiger partial charge in [-0.25, -0.2) is 4.79 Å². The number of benzene rings is 1. The number of Topliss-reactive ketones (excluding diaryl/α,β-unsaturated/α-hetero) is 1. The van der Waals surface area contributed by atoms with E-state index in [1.807, 2.05) is 35.2 Å². The summed E-state index contributed by atoms with van der Waals surface area (Å²) in [6.45, 7) is 3.37. The molecule has 1 saturated carbocycles. The van der Waals surface area contributed by atoms with Crippen molar-refractivity contribution in [3.05, 3.63) is 62.3 Å². The maximum Gasteiger partial charge on any atom is 0.332 e. The molecular formula is C27H37N5O4. The zero-order valence-corrected chi connectivity index (χ0v) is 21.1. The van der Waals surface area contributed by atoms with E-state index >= 15 is 0 Å². The van der Waals surface area contributed by atoms with Crippen LogP contribution in [0.3, 0.4) is 0 Å². The molecule has 1 aliphatic heterocycles. The van der Waals surface area contributed by atoms with Gasteiger partial charge in [-0.1, -0.05) is 49.6 Å². The van der Waals surface area contributed by atoms with E-state index in [4.69, 9.17) is 5.73 Å². The van der Waals surface area contributed by atoms with E-state index in [2.05, 4.69) is 5.32 Å². The van der Waals surface area contributed by atoms with Crippen LogP contribution >= 0.6 is 0 Å². The third-order valence-electron chi connectivity index (χ3n) is 7.52. The number of carbonyl (C=O) groups excluding carboxylic acids is 2. The first-order valence-corrected chi connectivity index (χ1v) is 13.1. The number of nitrogen functional groups attached to an aromatic ring is 1. The smallest absolute Gasteiger partial charge is 0.332 e. The van der Waals surface area contributed by atoms with Gasteiger partial charge in [0.15, 0.2) is 5.78 Å². The number of ketones is 1. The van der Waals surface area contributed by atoms with Gasteiger partial charge in [0.25, 0.3) is 5.56 Å². The Morgan fingerprint density at radius 1 is 0.972 bits per heavy atom. The second-order valence-corrected chi connectivity index (χ2v) is 9.98. The van der Waals surface area contributed by atoms with Crippen LogP contribution in [0, 0.1) is 5.92 Å². The lowest BCUT2D eigenvalue weighted by molar-refractivity contribution is -0.127. The van der Waals surface area contributed by atoms with Gasteiger partial charge in [0, 0.05) is 31.6 Å². The van der Waals surface area contributed by atoms with E-state index < -0.39 is 11.2 Å². The van der Waals surface area contributed by atoms with Crippen molar-refractivity contribution in [1.29, 1.82) is 0 Å². The summed E-state index contributed by atoms with van der Waals surface area (Å²) in [5.41, 5.74) is 5.84. The molecular weight excluding hydrogens is 458 g/mol. The third-order valence-corrected chi connectivity index (χ3v) is 7.52. The van der Waals surface area contributed by atoms with E-state index in [9.17, 15) is 19.2 Å². The average Bonchev–Trinajstić information content (AvgIpc) is 2.89. The first-order valence-electron chi connectivity index (χ1n) is 13.1. The van der Waals surface area contributed by atoms with Gasteiger partial charge in [0.05, 0.1) is 13.1 Å². The topological polar surface area (TPSA) is 119 Å². The lowest BCUT2D eigenvalue weighted by Crippen LogP contribution is -2.48. The van der Waals surface area contributed by atoms with Crippen LogP contribution in [-0.2, 0) is 17.9 Å². The highest BCUT2D eigenvalue weighted by Gasteiger charge is 2.28. The van der Waals surface area contributed by atoms with Crippen LogP contribution in [0.25, 0.3) is 0 Å². The lowest BCUT2D eigenvalue weighted by Gasteiger charge is -2.33. The van der Waals surface area contributed by atoms with Crippen LogP contribution < -0.4 is 22.3 Å². The second kappa shape index (κ2) is 11.7. The van der Waals surface area contributed by atoms with Crippen molar-refractivity contribution in [2.45, 2.75) is 71.0 Å². The van der Waals surface area contributed by atoms with Crippen LogP contribution in [0.2, 0.25) is 0 Å². The molecule has 2 aliphatic rings. The zero-order chi connectivity index (χ0) is 25.7. The highest BCUT2D eigenvalue weighted by Crippen LogP contribution is 2.24. The fourth-order valence-corrected chi connectivity index (χ4v) is 5.38. The number of likely N-dealkylation sites (tertiary alicyclic amines) is 1. The minimum atomic E-state index is -0.635. The van der Waals surface area contributed by atoms with Gasteiger partial charge in [-0.05, 0) is 38.2 Å². The number of rotatable bonds is 8. The Morgan fingerprint density at radius 2 is 1.64 bits per heavy atom. The molecule has 4 rings (SSSR count). The second-order valence-electron chi connectivity index (χ2n) is 9.98. The van der Waals surface area contributed by atoms with Gasteiger partial charge in [-0.15, -0.1) is 0 Å². The Hall–Kier alpha value is -3.20. The molecule has 0 radical (unpaired) electrons. The van der Waals surface area contributed by atoms with Crippen LogP contribution in [-0.4, -0.2) is 51.4 Å². The summed E-state index contributed by atoms with van der Waals surface area (Å²) in [6, 6.07) is 9.44. The molecule has 1 aromatic heterocycles. The highest BCUT2D eigenvalue weighted by atomic mass is 16.2. The number of nitrogens with one attached hydrogen (secondary N) is 1. The van der Waals surface area contributed by atoms with Gasteiger partial charge < -0.3 is 11.1 Å². The number of hydrogen-bond donors (Lipinski definition) is 2. The summed E-state index contributed by atoms with van der Waals surface area (Å²) < 4.78 is 2.38. The molecule has 0 atom stereocenters. The van der Waals surface area contributed by atoms with Crippen molar-refractivity contribution in [1.82, 2.24) is 19.4 Å². The molecule has 3 N–H and O–H groups in total. The predicted octanol–water partition coefficient (Wildman–Crippen LogP) is 2.00. The maximum absolute atomic E-state index is 13.3. The molecule has 2 fully saturated rings. The fraction of sp³-hybridized carbons (Fsp3) is 0.556. The Morgan fingerprint density at radius 3 is 2.28 bits per heavy atom. The molecule has 0 bridgehead atoms. The van der Waals surface area contributed by atoms with Crippen molar-refractivity contribution >= 4 is 17.5 Å². The van der Waals surface area contributed by atoms with Crippen molar-refractivity contribution in [3.8, 4) is 0 Å². The molecule has 0 unspecified atom stereocenters.